The number of rotatable bonds is 7. The summed E-state index contributed by atoms with van der Waals surface area (Å²) in [6.07, 6.45) is 1.44. The predicted molar refractivity (Wildman–Crippen MR) is 93.2 cm³/mol. The number of pyridine rings is 1. The smallest absolute Gasteiger partial charge is 0.313 e. The zero-order valence-corrected chi connectivity index (χ0v) is 14.5. The number of nitrogens with one attached hydrogen (secondary N) is 1. The summed E-state index contributed by atoms with van der Waals surface area (Å²) in [6.45, 7) is -0.225. The second-order valence-electron chi connectivity index (χ2n) is 4.48. The lowest BCUT2D eigenvalue weighted by Crippen LogP contribution is -2.20. The van der Waals surface area contributed by atoms with Crippen LogP contribution in [-0.4, -0.2) is 34.3 Å². The Hall–Kier alpha value is -1.96. The van der Waals surface area contributed by atoms with Crippen molar-refractivity contribution in [3.63, 3.8) is 0 Å². The summed E-state index contributed by atoms with van der Waals surface area (Å²) in [5.74, 6) is -1.02. The second-order valence-corrected chi connectivity index (χ2v) is 6.32. The maximum absolute atomic E-state index is 11.8. The molecule has 1 heterocycles. The zero-order valence-electron chi connectivity index (χ0n) is 12.2. The SMILES string of the molecule is O=C(O)CSc1ccc(NC(=O)COc2ccc(Cl)cc2Cl)cn1. The highest BCUT2D eigenvalue weighted by molar-refractivity contribution is 7.99. The van der Waals surface area contributed by atoms with E-state index < -0.39 is 5.97 Å². The largest absolute Gasteiger partial charge is 0.482 e. The number of anilines is 1. The van der Waals surface area contributed by atoms with Crippen LogP contribution in [0.4, 0.5) is 5.69 Å². The average molecular weight is 387 g/mol. The van der Waals surface area contributed by atoms with Crippen LogP contribution >= 0.6 is 35.0 Å². The molecule has 126 valence electrons. The summed E-state index contributed by atoms with van der Waals surface area (Å²) in [5, 5.41) is 12.6. The Morgan fingerprint density at radius 2 is 2.04 bits per heavy atom. The Balaban J connectivity index is 1.84. The fourth-order valence-electron chi connectivity index (χ4n) is 1.61. The number of benzene rings is 1. The van der Waals surface area contributed by atoms with Gasteiger partial charge in [-0.05, 0) is 30.3 Å². The minimum absolute atomic E-state index is 0.0750. The van der Waals surface area contributed by atoms with Crippen molar-refractivity contribution in [1.82, 2.24) is 4.98 Å². The molecule has 1 amide bonds. The lowest BCUT2D eigenvalue weighted by molar-refractivity contribution is -0.133. The Labute approximate surface area is 152 Å². The molecular weight excluding hydrogens is 375 g/mol. The van der Waals surface area contributed by atoms with E-state index in [1.165, 1.54) is 12.3 Å². The van der Waals surface area contributed by atoms with E-state index in [0.717, 1.165) is 11.8 Å². The Kier molecular flexibility index (Phi) is 6.72. The highest BCUT2D eigenvalue weighted by Gasteiger charge is 2.08. The van der Waals surface area contributed by atoms with Crippen LogP contribution in [0.25, 0.3) is 0 Å². The van der Waals surface area contributed by atoms with Crippen molar-refractivity contribution in [2.45, 2.75) is 5.03 Å². The molecule has 0 fully saturated rings. The lowest BCUT2D eigenvalue weighted by Gasteiger charge is -2.09. The molecule has 6 nitrogen and oxygen atoms in total. The third kappa shape index (κ3) is 5.92. The number of thioether (sulfide) groups is 1. The third-order valence-electron chi connectivity index (χ3n) is 2.62. The number of carboxylic acids is 1. The highest BCUT2D eigenvalue weighted by atomic mass is 35.5. The number of amides is 1. The maximum atomic E-state index is 11.8. The van der Waals surface area contributed by atoms with Crippen molar-refractivity contribution >= 4 is 52.5 Å². The van der Waals surface area contributed by atoms with Gasteiger partial charge in [0.15, 0.2) is 6.61 Å². The molecule has 24 heavy (non-hydrogen) atoms. The number of ether oxygens (including phenoxy) is 1. The molecule has 0 aliphatic rings. The summed E-state index contributed by atoms with van der Waals surface area (Å²) in [7, 11) is 0. The van der Waals surface area contributed by atoms with E-state index >= 15 is 0 Å². The van der Waals surface area contributed by atoms with Crippen LogP contribution in [0.3, 0.4) is 0 Å². The van der Waals surface area contributed by atoms with Gasteiger partial charge in [-0.3, -0.25) is 9.59 Å². The molecule has 0 radical (unpaired) electrons. The molecule has 1 aromatic carbocycles. The van der Waals surface area contributed by atoms with Gasteiger partial charge in [-0.2, -0.15) is 0 Å². The maximum Gasteiger partial charge on any atom is 0.313 e. The average Bonchev–Trinajstić information content (AvgIpc) is 2.53. The number of nitrogens with zero attached hydrogens (tertiary/aromatic N) is 1. The first-order valence-corrected chi connectivity index (χ1v) is 8.36. The molecule has 0 spiro atoms. The first-order chi connectivity index (χ1) is 11.4. The van der Waals surface area contributed by atoms with Crippen molar-refractivity contribution in [2.24, 2.45) is 0 Å². The van der Waals surface area contributed by atoms with E-state index in [4.69, 9.17) is 33.0 Å². The predicted octanol–water partition coefficient (Wildman–Crippen LogP) is 3.58. The zero-order chi connectivity index (χ0) is 17.5. The molecule has 0 aliphatic heterocycles. The topological polar surface area (TPSA) is 88.5 Å². The number of aliphatic carboxylic acids is 1. The minimum atomic E-state index is -0.919. The Bertz CT molecular complexity index is 741. The van der Waals surface area contributed by atoms with E-state index in [9.17, 15) is 9.59 Å². The van der Waals surface area contributed by atoms with Crippen molar-refractivity contribution in [3.8, 4) is 5.75 Å². The first kappa shape index (κ1) is 18.4. The van der Waals surface area contributed by atoms with Gasteiger partial charge < -0.3 is 15.2 Å². The third-order valence-corrected chi connectivity index (χ3v) is 4.08. The van der Waals surface area contributed by atoms with Crippen LogP contribution in [0.15, 0.2) is 41.6 Å². The normalized spacial score (nSPS) is 10.2. The van der Waals surface area contributed by atoms with Gasteiger partial charge in [-0.1, -0.05) is 35.0 Å². The van der Waals surface area contributed by atoms with Crippen molar-refractivity contribution in [3.05, 3.63) is 46.6 Å². The Morgan fingerprint density at radius 1 is 1.25 bits per heavy atom. The van der Waals surface area contributed by atoms with Crippen molar-refractivity contribution in [2.75, 3.05) is 17.7 Å². The molecule has 0 aliphatic carbocycles. The number of halogens is 2. The summed E-state index contributed by atoms with van der Waals surface area (Å²) in [6, 6.07) is 7.96. The Morgan fingerprint density at radius 3 is 2.67 bits per heavy atom. The number of carboxylic acid groups (broad SMARTS) is 1. The fourth-order valence-corrected chi connectivity index (χ4v) is 2.63. The molecule has 0 saturated heterocycles. The number of hydrogen-bond acceptors (Lipinski definition) is 5. The van der Waals surface area contributed by atoms with Gasteiger partial charge in [0.1, 0.15) is 5.75 Å². The van der Waals surface area contributed by atoms with Gasteiger partial charge in [-0.15, -0.1) is 0 Å². The number of carbonyl (C=O) groups is 2. The first-order valence-electron chi connectivity index (χ1n) is 6.62. The number of carbonyl (C=O) groups excluding carboxylic acids is 1. The van der Waals surface area contributed by atoms with Gasteiger partial charge in [0.05, 0.1) is 27.7 Å². The molecule has 0 unspecified atom stereocenters. The lowest BCUT2D eigenvalue weighted by atomic mass is 10.3. The van der Waals surface area contributed by atoms with Crippen LogP contribution in [-0.2, 0) is 9.59 Å². The fraction of sp³-hybridized carbons (Fsp3) is 0.133. The summed E-state index contributed by atoms with van der Waals surface area (Å²) in [4.78, 5) is 26.4. The van der Waals surface area contributed by atoms with Crippen LogP contribution in [0, 0.1) is 0 Å². The molecule has 2 N–H and O–H groups in total. The minimum Gasteiger partial charge on any atom is -0.482 e. The highest BCUT2D eigenvalue weighted by Crippen LogP contribution is 2.27. The summed E-state index contributed by atoms with van der Waals surface area (Å²) < 4.78 is 5.32. The molecule has 2 aromatic rings. The van der Waals surface area contributed by atoms with E-state index in [2.05, 4.69) is 10.3 Å². The molecule has 2 rings (SSSR count). The molecule has 9 heteroatoms. The van der Waals surface area contributed by atoms with Gasteiger partial charge in [-0.25, -0.2) is 4.98 Å². The molecule has 1 aromatic heterocycles. The van der Waals surface area contributed by atoms with Crippen LogP contribution in [0.2, 0.25) is 10.0 Å². The standard InChI is InChI=1S/C15H12Cl2N2O4S/c16-9-1-3-12(11(17)5-9)23-7-13(20)19-10-2-4-14(18-6-10)24-8-15(21)22/h1-6H,7-8H2,(H,19,20)(H,21,22). The van der Waals surface area contributed by atoms with E-state index in [0.29, 0.717) is 26.5 Å². The second kappa shape index (κ2) is 8.77. The molecular formula is C15H12Cl2N2O4S. The van der Waals surface area contributed by atoms with Crippen LogP contribution in [0.1, 0.15) is 0 Å². The summed E-state index contributed by atoms with van der Waals surface area (Å²) in [5.41, 5.74) is 0.477. The van der Waals surface area contributed by atoms with Gasteiger partial charge in [0.25, 0.3) is 5.91 Å². The van der Waals surface area contributed by atoms with Gasteiger partial charge in [0.2, 0.25) is 0 Å². The van der Waals surface area contributed by atoms with Crippen LogP contribution < -0.4 is 10.1 Å². The van der Waals surface area contributed by atoms with E-state index in [1.807, 2.05) is 0 Å². The quantitative estimate of drug-likeness (QED) is 0.706. The van der Waals surface area contributed by atoms with Gasteiger partial charge in [0, 0.05) is 5.02 Å². The number of hydrogen-bond donors (Lipinski definition) is 2. The molecule has 0 atom stereocenters. The van der Waals surface area contributed by atoms with Crippen molar-refractivity contribution in [1.29, 1.82) is 0 Å². The van der Waals surface area contributed by atoms with Crippen molar-refractivity contribution < 1.29 is 19.4 Å². The van der Waals surface area contributed by atoms with Gasteiger partial charge >= 0.3 is 5.97 Å². The van der Waals surface area contributed by atoms with E-state index in [1.54, 1.807) is 24.3 Å². The monoisotopic (exact) mass is 386 g/mol. The summed E-state index contributed by atoms with van der Waals surface area (Å²) >= 11 is 12.8. The number of aromatic nitrogens is 1. The molecule has 0 saturated carbocycles. The van der Waals surface area contributed by atoms with E-state index in [-0.39, 0.29) is 18.3 Å². The molecule has 0 bridgehead atoms. The van der Waals surface area contributed by atoms with Crippen LogP contribution in [0.5, 0.6) is 5.75 Å².